The standard InChI is InChI=1S/2C7H12O4.Zn/c2*1-3-7(4-2,5(8)9)6(10)11;/h2*3-4H2,1-2H3,(H,8,9)(H,10,11);. The van der Waals surface area contributed by atoms with Crippen LogP contribution in [0.25, 0.3) is 0 Å². The molecule has 8 nitrogen and oxygen atoms in total. The largest absolute Gasteiger partial charge is 0.480 e. The average molecular weight is 386 g/mol. The quantitative estimate of drug-likeness (QED) is 0.365. The number of carboxylic acid groups (broad SMARTS) is 4. The van der Waals surface area contributed by atoms with E-state index in [0.29, 0.717) is 0 Å². The van der Waals surface area contributed by atoms with Gasteiger partial charge in [0.1, 0.15) is 0 Å². The van der Waals surface area contributed by atoms with Gasteiger partial charge in [-0.25, -0.2) is 0 Å². The van der Waals surface area contributed by atoms with Crippen LogP contribution >= 0.6 is 0 Å². The van der Waals surface area contributed by atoms with E-state index in [1.54, 1.807) is 27.7 Å². The monoisotopic (exact) mass is 384 g/mol. The molecule has 0 unspecified atom stereocenters. The van der Waals surface area contributed by atoms with Crippen molar-refractivity contribution in [1.82, 2.24) is 0 Å². The average Bonchev–Trinajstić information content (AvgIpc) is 2.41. The summed E-state index contributed by atoms with van der Waals surface area (Å²) in [6.45, 7) is 6.24. The van der Waals surface area contributed by atoms with Crippen molar-refractivity contribution in [3.63, 3.8) is 0 Å². The Morgan fingerprint density at radius 1 is 0.565 bits per heavy atom. The fraction of sp³-hybridized carbons (Fsp3) is 0.714. The molecule has 0 saturated carbocycles. The topological polar surface area (TPSA) is 149 Å². The first-order valence-corrected chi connectivity index (χ1v) is 6.95. The number of hydrogen-bond donors (Lipinski definition) is 4. The molecule has 130 valence electrons. The molecule has 0 spiro atoms. The van der Waals surface area contributed by atoms with Crippen LogP contribution in [0, 0.1) is 10.8 Å². The predicted molar refractivity (Wildman–Crippen MR) is 76.6 cm³/mol. The Labute approximate surface area is 147 Å². The van der Waals surface area contributed by atoms with E-state index in [-0.39, 0.29) is 45.2 Å². The van der Waals surface area contributed by atoms with E-state index < -0.39 is 34.7 Å². The molecule has 0 rings (SSSR count). The van der Waals surface area contributed by atoms with Gasteiger partial charge in [-0.05, 0) is 25.7 Å². The maximum atomic E-state index is 10.5. The first-order chi connectivity index (χ1) is 10.0. The van der Waals surface area contributed by atoms with E-state index >= 15 is 0 Å². The molecule has 0 aromatic carbocycles. The number of rotatable bonds is 8. The molecule has 0 aromatic rings. The zero-order valence-electron chi connectivity index (χ0n) is 14.0. The second-order valence-electron chi connectivity index (χ2n) is 4.80. The van der Waals surface area contributed by atoms with Crippen LogP contribution in [-0.4, -0.2) is 44.3 Å². The normalized spacial score (nSPS) is 10.6. The van der Waals surface area contributed by atoms with Crippen LogP contribution in [0.4, 0.5) is 0 Å². The van der Waals surface area contributed by atoms with E-state index in [2.05, 4.69) is 0 Å². The number of aliphatic carboxylic acids is 4. The van der Waals surface area contributed by atoms with E-state index in [4.69, 9.17) is 20.4 Å². The summed E-state index contributed by atoms with van der Waals surface area (Å²) in [5.41, 5.74) is -3.17. The molecule has 0 amide bonds. The molecule has 0 saturated heterocycles. The van der Waals surface area contributed by atoms with Crippen molar-refractivity contribution >= 4 is 23.9 Å². The number of hydrogen-bond acceptors (Lipinski definition) is 4. The molecule has 0 aliphatic carbocycles. The van der Waals surface area contributed by atoms with Crippen LogP contribution < -0.4 is 0 Å². The Kier molecular flexibility index (Phi) is 12.7. The van der Waals surface area contributed by atoms with Crippen LogP contribution in [0.3, 0.4) is 0 Å². The summed E-state index contributed by atoms with van der Waals surface area (Å²) < 4.78 is 0. The van der Waals surface area contributed by atoms with Crippen LogP contribution in [-0.2, 0) is 38.7 Å². The van der Waals surface area contributed by atoms with Crippen molar-refractivity contribution in [2.75, 3.05) is 0 Å². The minimum atomic E-state index is -1.58. The molecule has 4 N–H and O–H groups in total. The van der Waals surface area contributed by atoms with Crippen LogP contribution in [0.15, 0.2) is 0 Å². The van der Waals surface area contributed by atoms with E-state index in [9.17, 15) is 19.2 Å². The summed E-state index contributed by atoms with van der Waals surface area (Å²) in [7, 11) is 0. The molecule has 0 atom stereocenters. The van der Waals surface area contributed by atoms with E-state index in [1.807, 2.05) is 0 Å². The second-order valence-corrected chi connectivity index (χ2v) is 4.80. The van der Waals surface area contributed by atoms with Crippen molar-refractivity contribution in [1.29, 1.82) is 0 Å². The summed E-state index contributed by atoms with van der Waals surface area (Å²) >= 11 is 0. The van der Waals surface area contributed by atoms with Crippen molar-refractivity contribution in [3.05, 3.63) is 0 Å². The van der Waals surface area contributed by atoms with Gasteiger partial charge in [-0.15, -0.1) is 0 Å². The molecule has 0 aliphatic rings. The van der Waals surface area contributed by atoms with Crippen molar-refractivity contribution in [3.8, 4) is 0 Å². The molecular weight excluding hydrogens is 362 g/mol. The minimum Gasteiger partial charge on any atom is -0.480 e. The SMILES string of the molecule is CCC(CC)(C(=O)O)C(=O)O.CCC(CC)(C(=O)O)C(=O)O.[Zn]. The Bertz CT molecular complexity index is 352. The fourth-order valence-electron chi connectivity index (χ4n) is 1.89. The van der Waals surface area contributed by atoms with Crippen LogP contribution in [0.2, 0.25) is 0 Å². The van der Waals surface area contributed by atoms with Gasteiger partial charge in [0, 0.05) is 19.5 Å². The smallest absolute Gasteiger partial charge is 0.321 e. The third-order valence-corrected chi connectivity index (χ3v) is 4.05. The maximum absolute atomic E-state index is 10.5. The molecule has 9 heteroatoms. The summed E-state index contributed by atoms with van der Waals surface area (Å²) in [5, 5.41) is 34.5. The summed E-state index contributed by atoms with van der Waals surface area (Å²) in [6, 6.07) is 0. The Hall–Kier alpha value is -1.50. The third-order valence-electron chi connectivity index (χ3n) is 4.05. The third kappa shape index (κ3) is 5.90. The molecule has 0 radical (unpaired) electrons. The van der Waals surface area contributed by atoms with Gasteiger partial charge >= 0.3 is 23.9 Å². The van der Waals surface area contributed by atoms with Crippen molar-refractivity contribution in [2.24, 2.45) is 10.8 Å². The van der Waals surface area contributed by atoms with Gasteiger partial charge < -0.3 is 20.4 Å². The van der Waals surface area contributed by atoms with Gasteiger partial charge in [-0.1, -0.05) is 27.7 Å². The van der Waals surface area contributed by atoms with E-state index in [1.165, 1.54) is 0 Å². The van der Waals surface area contributed by atoms with Crippen LogP contribution in [0.1, 0.15) is 53.4 Å². The Morgan fingerprint density at radius 2 is 0.696 bits per heavy atom. The second kappa shape index (κ2) is 11.1. The first-order valence-electron chi connectivity index (χ1n) is 6.95. The summed E-state index contributed by atoms with van der Waals surface area (Å²) in [6.07, 6.45) is 0.477. The van der Waals surface area contributed by atoms with Crippen molar-refractivity contribution in [2.45, 2.75) is 53.4 Å². The van der Waals surface area contributed by atoms with Gasteiger partial charge in [0.25, 0.3) is 0 Å². The molecule has 0 bridgehead atoms. The number of carboxylic acids is 4. The minimum absolute atomic E-state index is 0. The zero-order valence-corrected chi connectivity index (χ0v) is 16.9. The maximum Gasteiger partial charge on any atom is 0.321 e. The predicted octanol–water partition coefficient (Wildman–Crippen LogP) is 1.92. The molecule has 0 aromatic heterocycles. The Balaban J connectivity index is -0.000000333. The van der Waals surface area contributed by atoms with Gasteiger partial charge in [0.05, 0.1) is 0 Å². The molecule has 23 heavy (non-hydrogen) atoms. The van der Waals surface area contributed by atoms with Gasteiger partial charge in [-0.3, -0.25) is 19.2 Å². The summed E-state index contributed by atoms with van der Waals surface area (Å²) in [5.74, 6) is -5.02. The van der Waals surface area contributed by atoms with Gasteiger partial charge in [0.15, 0.2) is 10.8 Å². The Morgan fingerprint density at radius 3 is 0.696 bits per heavy atom. The van der Waals surface area contributed by atoms with Crippen LogP contribution in [0.5, 0.6) is 0 Å². The molecule has 0 aliphatic heterocycles. The van der Waals surface area contributed by atoms with E-state index in [0.717, 1.165) is 0 Å². The number of carbonyl (C=O) groups is 4. The first kappa shape index (κ1) is 26.4. The molecular formula is C14H24O8Zn. The fourth-order valence-corrected chi connectivity index (χ4v) is 1.89. The molecule has 0 heterocycles. The molecule has 0 fully saturated rings. The van der Waals surface area contributed by atoms with Gasteiger partial charge in [-0.2, -0.15) is 0 Å². The van der Waals surface area contributed by atoms with Crippen molar-refractivity contribution < 1.29 is 59.1 Å². The summed E-state index contributed by atoms with van der Waals surface area (Å²) in [4.78, 5) is 42.2. The zero-order chi connectivity index (χ0) is 18.1. The van der Waals surface area contributed by atoms with Gasteiger partial charge in [0.2, 0.25) is 0 Å².